The number of rotatable bonds is 9. The number of carbonyl (C=O) groups excluding carboxylic acids is 1. The molecule has 1 saturated carbocycles. The monoisotopic (exact) mass is 471 g/mol. The van der Waals surface area contributed by atoms with Gasteiger partial charge in [0.05, 0.1) is 16.8 Å². The average Bonchev–Trinajstić information content (AvgIpc) is 2.85. The Hall–Kier alpha value is -3.09. The SMILES string of the molecule is CC#CCOc1ccc(S(=O)(=O)CN(c2cccnc2)C(C(=O)NO)C2CCCCC2)cc1. The van der Waals surface area contributed by atoms with Gasteiger partial charge in [-0.05, 0) is 62.1 Å². The summed E-state index contributed by atoms with van der Waals surface area (Å²) in [6.45, 7) is 1.93. The van der Waals surface area contributed by atoms with Crippen molar-refractivity contribution >= 4 is 21.4 Å². The van der Waals surface area contributed by atoms with Crippen molar-refractivity contribution in [2.45, 2.75) is 50.0 Å². The van der Waals surface area contributed by atoms with Crippen LogP contribution in [0.1, 0.15) is 39.0 Å². The molecule has 1 aliphatic carbocycles. The fourth-order valence-electron chi connectivity index (χ4n) is 4.16. The topological polar surface area (TPSA) is 109 Å². The number of ether oxygens (including phenoxy) is 1. The summed E-state index contributed by atoms with van der Waals surface area (Å²) in [6, 6.07) is 8.68. The minimum Gasteiger partial charge on any atom is -0.481 e. The molecule has 1 atom stereocenters. The van der Waals surface area contributed by atoms with Gasteiger partial charge in [-0.25, -0.2) is 13.9 Å². The number of pyridine rings is 1. The molecule has 33 heavy (non-hydrogen) atoms. The van der Waals surface area contributed by atoms with Crippen LogP contribution in [0.15, 0.2) is 53.7 Å². The van der Waals surface area contributed by atoms with Crippen molar-refractivity contribution in [3.05, 3.63) is 48.8 Å². The second-order valence-electron chi connectivity index (χ2n) is 7.93. The molecule has 0 saturated heterocycles. The predicted octanol–water partition coefficient (Wildman–Crippen LogP) is 3.18. The van der Waals surface area contributed by atoms with E-state index in [4.69, 9.17) is 4.74 Å². The molecule has 1 aromatic heterocycles. The third-order valence-electron chi connectivity index (χ3n) is 5.77. The van der Waals surface area contributed by atoms with Gasteiger partial charge >= 0.3 is 0 Å². The molecule has 2 N–H and O–H groups in total. The summed E-state index contributed by atoms with van der Waals surface area (Å²) < 4.78 is 32.2. The van der Waals surface area contributed by atoms with E-state index in [2.05, 4.69) is 16.8 Å². The summed E-state index contributed by atoms with van der Waals surface area (Å²) in [4.78, 5) is 18.5. The normalized spacial score (nSPS) is 15.1. The van der Waals surface area contributed by atoms with Gasteiger partial charge in [-0.2, -0.15) is 0 Å². The lowest BCUT2D eigenvalue weighted by molar-refractivity contribution is -0.132. The highest BCUT2D eigenvalue weighted by Crippen LogP contribution is 2.32. The second kappa shape index (κ2) is 11.7. The van der Waals surface area contributed by atoms with Gasteiger partial charge in [0.15, 0.2) is 9.84 Å². The van der Waals surface area contributed by atoms with E-state index in [-0.39, 0.29) is 17.4 Å². The molecule has 8 nitrogen and oxygen atoms in total. The van der Waals surface area contributed by atoms with Crippen LogP contribution in [0.3, 0.4) is 0 Å². The Balaban J connectivity index is 1.92. The van der Waals surface area contributed by atoms with Crippen LogP contribution in [0.2, 0.25) is 0 Å². The zero-order valence-electron chi connectivity index (χ0n) is 18.6. The van der Waals surface area contributed by atoms with Gasteiger partial charge in [0.1, 0.15) is 24.3 Å². The summed E-state index contributed by atoms with van der Waals surface area (Å²) in [7, 11) is -3.82. The molecule has 1 aliphatic rings. The molecular weight excluding hydrogens is 442 g/mol. The molecule has 0 radical (unpaired) electrons. The number of hydroxylamine groups is 1. The van der Waals surface area contributed by atoms with Crippen LogP contribution in [-0.2, 0) is 14.6 Å². The van der Waals surface area contributed by atoms with Gasteiger partial charge in [0.25, 0.3) is 5.91 Å². The number of benzene rings is 1. The molecule has 1 aromatic carbocycles. The average molecular weight is 472 g/mol. The summed E-state index contributed by atoms with van der Waals surface area (Å²) >= 11 is 0. The summed E-state index contributed by atoms with van der Waals surface area (Å²) in [5.41, 5.74) is 2.25. The first-order chi connectivity index (χ1) is 16.0. The number of sulfone groups is 1. The van der Waals surface area contributed by atoms with E-state index < -0.39 is 27.7 Å². The Labute approximate surface area is 194 Å². The smallest absolute Gasteiger partial charge is 0.266 e. The standard InChI is InChI=1S/C24H29N3O5S/c1-2-3-16-32-21-11-13-22(14-12-21)33(30,31)18-27(20-10-7-15-25-17-20)23(24(28)26-29)19-8-5-4-6-9-19/h7,10-15,17,19,23,29H,4-6,8-9,16,18H2,1H3,(H,26,28). The van der Waals surface area contributed by atoms with Gasteiger partial charge in [-0.1, -0.05) is 25.2 Å². The van der Waals surface area contributed by atoms with E-state index >= 15 is 0 Å². The fraction of sp³-hybridized carbons (Fsp3) is 0.417. The van der Waals surface area contributed by atoms with Crippen molar-refractivity contribution in [1.29, 1.82) is 0 Å². The minimum absolute atomic E-state index is 0.0863. The number of hydrogen-bond acceptors (Lipinski definition) is 7. The summed E-state index contributed by atoms with van der Waals surface area (Å²) in [5.74, 6) is 4.88. The van der Waals surface area contributed by atoms with Crippen molar-refractivity contribution in [3.8, 4) is 17.6 Å². The predicted molar refractivity (Wildman–Crippen MR) is 124 cm³/mol. The maximum atomic E-state index is 13.4. The van der Waals surface area contributed by atoms with Crippen molar-refractivity contribution in [2.75, 3.05) is 17.4 Å². The molecule has 1 amide bonds. The van der Waals surface area contributed by atoms with E-state index in [1.54, 1.807) is 42.9 Å². The largest absolute Gasteiger partial charge is 0.481 e. The lowest BCUT2D eigenvalue weighted by Crippen LogP contribution is -2.52. The highest BCUT2D eigenvalue weighted by molar-refractivity contribution is 7.91. The second-order valence-corrected chi connectivity index (χ2v) is 9.89. The zero-order chi connectivity index (χ0) is 23.7. The Bertz CT molecular complexity index is 1070. The number of anilines is 1. The van der Waals surface area contributed by atoms with Crippen LogP contribution in [0.25, 0.3) is 0 Å². The van der Waals surface area contributed by atoms with Crippen LogP contribution in [0.5, 0.6) is 5.75 Å². The molecule has 0 bridgehead atoms. The molecule has 1 unspecified atom stereocenters. The molecule has 0 aliphatic heterocycles. The van der Waals surface area contributed by atoms with Crippen LogP contribution in [0, 0.1) is 17.8 Å². The van der Waals surface area contributed by atoms with E-state index in [0.717, 1.165) is 32.1 Å². The quantitative estimate of drug-likeness (QED) is 0.328. The molecule has 176 valence electrons. The van der Waals surface area contributed by atoms with Crippen LogP contribution >= 0.6 is 0 Å². The van der Waals surface area contributed by atoms with Crippen LogP contribution in [0.4, 0.5) is 5.69 Å². The van der Waals surface area contributed by atoms with E-state index in [1.807, 2.05) is 0 Å². The van der Waals surface area contributed by atoms with Gasteiger partial charge in [-0.15, -0.1) is 5.92 Å². The first-order valence-electron chi connectivity index (χ1n) is 10.9. The van der Waals surface area contributed by atoms with E-state index in [0.29, 0.717) is 11.4 Å². The first-order valence-corrected chi connectivity index (χ1v) is 12.6. The Morgan fingerprint density at radius 3 is 2.58 bits per heavy atom. The van der Waals surface area contributed by atoms with Gasteiger partial charge in [0.2, 0.25) is 0 Å². The lowest BCUT2D eigenvalue weighted by atomic mass is 9.83. The number of hydrogen-bond donors (Lipinski definition) is 2. The minimum atomic E-state index is -3.82. The van der Waals surface area contributed by atoms with Crippen molar-refractivity contribution < 1.29 is 23.2 Å². The Morgan fingerprint density at radius 1 is 1.24 bits per heavy atom. The van der Waals surface area contributed by atoms with Crippen LogP contribution < -0.4 is 15.1 Å². The van der Waals surface area contributed by atoms with Crippen molar-refractivity contribution in [3.63, 3.8) is 0 Å². The molecule has 1 heterocycles. The fourth-order valence-corrected chi connectivity index (χ4v) is 5.53. The molecule has 9 heteroatoms. The molecule has 0 spiro atoms. The Kier molecular flexibility index (Phi) is 8.69. The third-order valence-corrected chi connectivity index (χ3v) is 7.38. The lowest BCUT2D eigenvalue weighted by Gasteiger charge is -2.38. The maximum Gasteiger partial charge on any atom is 0.266 e. The summed E-state index contributed by atoms with van der Waals surface area (Å²) in [6.07, 6.45) is 7.66. The van der Waals surface area contributed by atoms with Gasteiger partial charge < -0.3 is 9.64 Å². The maximum absolute atomic E-state index is 13.4. The van der Waals surface area contributed by atoms with Crippen molar-refractivity contribution in [2.24, 2.45) is 5.92 Å². The van der Waals surface area contributed by atoms with Gasteiger partial charge in [-0.3, -0.25) is 15.0 Å². The van der Waals surface area contributed by atoms with Crippen molar-refractivity contribution in [1.82, 2.24) is 10.5 Å². The third kappa shape index (κ3) is 6.46. The molecule has 1 fully saturated rings. The number of nitrogens with one attached hydrogen (secondary N) is 1. The van der Waals surface area contributed by atoms with E-state index in [9.17, 15) is 18.4 Å². The molecule has 2 aromatic rings. The van der Waals surface area contributed by atoms with Gasteiger partial charge in [0, 0.05) is 6.20 Å². The number of aromatic nitrogens is 1. The molecule has 3 rings (SSSR count). The number of amides is 1. The van der Waals surface area contributed by atoms with Crippen LogP contribution in [-0.4, -0.2) is 43.0 Å². The Morgan fingerprint density at radius 2 is 1.97 bits per heavy atom. The zero-order valence-corrected chi connectivity index (χ0v) is 19.4. The summed E-state index contributed by atoms with van der Waals surface area (Å²) in [5, 5.41) is 9.45. The number of carbonyl (C=O) groups is 1. The highest BCUT2D eigenvalue weighted by atomic mass is 32.2. The first kappa shape index (κ1) is 24.6. The molecular formula is C24H29N3O5S. The highest BCUT2D eigenvalue weighted by Gasteiger charge is 2.37. The van der Waals surface area contributed by atoms with E-state index in [1.165, 1.54) is 23.2 Å². The number of nitrogens with zero attached hydrogens (tertiary/aromatic N) is 2.